The van der Waals surface area contributed by atoms with E-state index in [0.717, 1.165) is 16.6 Å². The molecule has 5 heteroatoms. The number of hydrogen-bond acceptors (Lipinski definition) is 3. The summed E-state index contributed by atoms with van der Waals surface area (Å²) in [6, 6.07) is 0.450. The number of rotatable bonds is 5. The first-order valence-electron chi connectivity index (χ1n) is 7.45. The molecule has 1 N–H and O–H groups in total. The Labute approximate surface area is 131 Å². The van der Waals surface area contributed by atoms with Crippen molar-refractivity contribution in [2.24, 2.45) is 7.05 Å². The highest BCUT2D eigenvalue weighted by Gasteiger charge is 2.43. The predicted octanol–water partition coefficient (Wildman–Crippen LogP) is 2.50. The number of nitrogens with one attached hydrogen (secondary N) is 1. The quantitative estimate of drug-likeness (QED) is 0.892. The van der Waals surface area contributed by atoms with Gasteiger partial charge in [0, 0.05) is 25.0 Å². The SMILES string of the molecule is CNC(Cc1c(Br)c(C)nn1C)C1(N(C)C)CCCC1. The van der Waals surface area contributed by atoms with Crippen LogP contribution >= 0.6 is 15.9 Å². The van der Waals surface area contributed by atoms with Crippen molar-refractivity contribution in [1.29, 1.82) is 0 Å². The molecule has 0 spiro atoms. The molecule has 4 nitrogen and oxygen atoms in total. The summed E-state index contributed by atoms with van der Waals surface area (Å²) in [4.78, 5) is 2.43. The molecule has 1 unspecified atom stereocenters. The van der Waals surface area contributed by atoms with Gasteiger partial charge in [0.25, 0.3) is 0 Å². The van der Waals surface area contributed by atoms with Crippen molar-refractivity contribution in [1.82, 2.24) is 20.0 Å². The molecular weight excluding hydrogens is 316 g/mol. The first kappa shape index (κ1) is 16.0. The summed E-state index contributed by atoms with van der Waals surface area (Å²) in [7, 11) is 8.57. The Kier molecular flexibility index (Phi) is 4.92. The third kappa shape index (κ3) is 2.68. The van der Waals surface area contributed by atoms with Crippen molar-refractivity contribution in [2.45, 2.75) is 50.6 Å². The van der Waals surface area contributed by atoms with Gasteiger partial charge in [0.2, 0.25) is 0 Å². The highest BCUT2D eigenvalue weighted by atomic mass is 79.9. The van der Waals surface area contributed by atoms with E-state index in [9.17, 15) is 0 Å². The van der Waals surface area contributed by atoms with Crippen LogP contribution in [0.4, 0.5) is 0 Å². The lowest BCUT2D eigenvalue weighted by Gasteiger charge is -2.43. The summed E-state index contributed by atoms with van der Waals surface area (Å²) in [6.07, 6.45) is 6.23. The van der Waals surface area contributed by atoms with Crippen LogP contribution in [0.3, 0.4) is 0 Å². The van der Waals surface area contributed by atoms with E-state index < -0.39 is 0 Å². The van der Waals surface area contributed by atoms with Gasteiger partial charge < -0.3 is 10.2 Å². The van der Waals surface area contributed by atoms with Gasteiger partial charge in [-0.2, -0.15) is 5.10 Å². The van der Waals surface area contributed by atoms with E-state index in [4.69, 9.17) is 0 Å². The summed E-state index contributed by atoms with van der Waals surface area (Å²) >= 11 is 3.70. The maximum Gasteiger partial charge on any atom is 0.0738 e. The third-order valence-corrected chi connectivity index (χ3v) is 6.05. The fraction of sp³-hybridized carbons (Fsp3) is 0.800. The van der Waals surface area contributed by atoms with Crippen LogP contribution < -0.4 is 5.32 Å². The highest BCUT2D eigenvalue weighted by Crippen LogP contribution is 2.38. The maximum atomic E-state index is 4.52. The molecule has 20 heavy (non-hydrogen) atoms. The molecule has 2 rings (SSSR count). The molecule has 0 radical (unpaired) electrons. The van der Waals surface area contributed by atoms with Gasteiger partial charge in [0.15, 0.2) is 0 Å². The van der Waals surface area contributed by atoms with E-state index in [-0.39, 0.29) is 5.54 Å². The summed E-state index contributed by atoms with van der Waals surface area (Å²) < 4.78 is 3.18. The smallest absolute Gasteiger partial charge is 0.0738 e. The van der Waals surface area contributed by atoms with E-state index in [1.54, 1.807) is 0 Å². The lowest BCUT2D eigenvalue weighted by molar-refractivity contribution is 0.107. The number of aromatic nitrogens is 2. The van der Waals surface area contributed by atoms with E-state index in [1.165, 1.54) is 31.4 Å². The van der Waals surface area contributed by atoms with Crippen LogP contribution in [0.5, 0.6) is 0 Å². The van der Waals surface area contributed by atoms with Crippen LogP contribution in [0.15, 0.2) is 4.47 Å². The number of nitrogens with zero attached hydrogens (tertiary/aromatic N) is 3. The highest BCUT2D eigenvalue weighted by molar-refractivity contribution is 9.10. The average Bonchev–Trinajstić information content (AvgIpc) is 2.97. The predicted molar refractivity (Wildman–Crippen MR) is 87.1 cm³/mol. The van der Waals surface area contributed by atoms with E-state index in [1.807, 2.05) is 11.7 Å². The minimum absolute atomic E-state index is 0.270. The van der Waals surface area contributed by atoms with Crippen molar-refractivity contribution in [2.75, 3.05) is 21.1 Å². The van der Waals surface area contributed by atoms with Gasteiger partial charge in [0.1, 0.15) is 0 Å². The summed E-state index contributed by atoms with van der Waals surface area (Å²) in [6.45, 7) is 2.05. The molecule has 114 valence electrons. The molecule has 1 heterocycles. The summed E-state index contributed by atoms with van der Waals surface area (Å²) in [5, 5.41) is 8.10. The second-order valence-electron chi connectivity index (χ2n) is 6.22. The number of hydrogen-bond donors (Lipinski definition) is 1. The molecule has 0 saturated heterocycles. The Hall–Kier alpha value is -0.390. The number of likely N-dealkylation sites (N-methyl/N-ethyl adjacent to an activating group) is 2. The lowest BCUT2D eigenvalue weighted by Crippen LogP contribution is -2.57. The fourth-order valence-corrected chi connectivity index (χ4v) is 4.25. The van der Waals surface area contributed by atoms with Crippen LogP contribution in [-0.2, 0) is 13.5 Å². The van der Waals surface area contributed by atoms with E-state index in [0.29, 0.717) is 6.04 Å². The molecule has 1 aliphatic rings. The zero-order chi connectivity index (χ0) is 14.9. The largest absolute Gasteiger partial charge is 0.315 e. The Morgan fingerprint density at radius 1 is 1.40 bits per heavy atom. The number of halogens is 1. The van der Waals surface area contributed by atoms with Gasteiger partial charge in [-0.15, -0.1) is 0 Å². The average molecular weight is 343 g/mol. The molecule has 1 saturated carbocycles. The van der Waals surface area contributed by atoms with E-state index >= 15 is 0 Å². The molecule has 1 aliphatic carbocycles. The van der Waals surface area contributed by atoms with Crippen molar-refractivity contribution < 1.29 is 0 Å². The van der Waals surface area contributed by atoms with Gasteiger partial charge in [-0.05, 0) is 56.8 Å². The number of aryl methyl sites for hydroxylation is 2. The molecule has 1 fully saturated rings. The van der Waals surface area contributed by atoms with Crippen LogP contribution in [-0.4, -0.2) is 47.4 Å². The van der Waals surface area contributed by atoms with Crippen molar-refractivity contribution in [3.05, 3.63) is 15.9 Å². The molecular formula is C15H27BrN4. The maximum absolute atomic E-state index is 4.52. The molecule has 1 aromatic rings. The molecule has 1 aromatic heterocycles. The van der Waals surface area contributed by atoms with Crippen LogP contribution in [0.1, 0.15) is 37.1 Å². The topological polar surface area (TPSA) is 33.1 Å². The molecule has 1 atom stereocenters. The van der Waals surface area contributed by atoms with Crippen LogP contribution in [0.2, 0.25) is 0 Å². The summed E-state index contributed by atoms with van der Waals surface area (Å²) in [5.41, 5.74) is 2.63. The third-order valence-electron chi connectivity index (χ3n) is 5.02. The Morgan fingerprint density at radius 2 is 2.00 bits per heavy atom. The second-order valence-corrected chi connectivity index (χ2v) is 7.01. The Bertz CT molecular complexity index is 461. The van der Waals surface area contributed by atoms with Gasteiger partial charge in [-0.3, -0.25) is 4.68 Å². The van der Waals surface area contributed by atoms with Crippen molar-refractivity contribution >= 4 is 15.9 Å². The lowest BCUT2D eigenvalue weighted by atomic mass is 9.84. The fourth-order valence-electron chi connectivity index (χ4n) is 3.75. The van der Waals surface area contributed by atoms with E-state index in [2.05, 4.69) is 59.3 Å². The summed E-state index contributed by atoms with van der Waals surface area (Å²) in [5.74, 6) is 0. The van der Waals surface area contributed by atoms with Crippen molar-refractivity contribution in [3.8, 4) is 0 Å². The van der Waals surface area contributed by atoms with Gasteiger partial charge >= 0.3 is 0 Å². The standard InChI is InChI=1S/C15H27BrN4/c1-11-14(16)12(20(5)18-11)10-13(17-2)15(19(3)4)8-6-7-9-15/h13,17H,6-10H2,1-5H3. The second kappa shape index (κ2) is 6.16. The van der Waals surface area contributed by atoms with Crippen LogP contribution in [0, 0.1) is 6.92 Å². The normalized spacial score (nSPS) is 19.8. The molecule has 0 aromatic carbocycles. The van der Waals surface area contributed by atoms with Crippen molar-refractivity contribution in [3.63, 3.8) is 0 Å². The first-order valence-corrected chi connectivity index (χ1v) is 8.24. The Morgan fingerprint density at radius 3 is 2.40 bits per heavy atom. The van der Waals surface area contributed by atoms with Gasteiger partial charge in [-0.25, -0.2) is 0 Å². The van der Waals surface area contributed by atoms with Gasteiger partial charge in [-0.1, -0.05) is 12.8 Å². The minimum Gasteiger partial charge on any atom is -0.315 e. The molecule has 0 bridgehead atoms. The zero-order valence-electron chi connectivity index (χ0n) is 13.3. The minimum atomic E-state index is 0.270. The Balaban J connectivity index is 2.28. The monoisotopic (exact) mass is 342 g/mol. The zero-order valence-corrected chi connectivity index (χ0v) is 14.9. The first-order chi connectivity index (χ1) is 9.42. The molecule has 0 amide bonds. The van der Waals surface area contributed by atoms with Gasteiger partial charge in [0.05, 0.1) is 15.9 Å². The van der Waals surface area contributed by atoms with Crippen LogP contribution in [0.25, 0.3) is 0 Å². The molecule has 0 aliphatic heterocycles.